The van der Waals surface area contributed by atoms with Crippen LogP contribution in [-0.2, 0) is 0 Å². The van der Waals surface area contributed by atoms with Gasteiger partial charge in [0.2, 0.25) is 0 Å². The zero-order chi connectivity index (χ0) is 15.6. The number of halogens is 1. The smallest absolute Gasteiger partial charge is 0.0547 e. The molecule has 0 atom stereocenters. The standard InChI is InChI=1S/C21H14BrN/c1-13-6-8-19-14(10-13)11-21-17-5-3-2-4-16(17)18-12-15(22)7-9-20(18)23(19)21/h2-12H,1H3. The van der Waals surface area contributed by atoms with Crippen molar-refractivity contribution in [2.24, 2.45) is 0 Å². The monoisotopic (exact) mass is 359 g/mol. The molecule has 2 heterocycles. The van der Waals surface area contributed by atoms with Crippen molar-refractivity contribution in [3.63, 3.8) is 0 Å². The van der Waals surface area contributed by atoms with Crippen LogP contribution in [0.4, 0.5) is 0 Å². The maximum atomic E-state index is 3.62. The van der Waals surface area contributed by atoms with Gasteiger partial charge in [0.05, 0.1) is 16.6 Å². The van der Waals surface area contributed by atoms with E-state index in [9.17, 15) is 0 Å². The van der Waals surface area contributed by atoms with Gasteiger partial charge in [0.15, 0.2) is 0 Å². The van der Waals surface area contributed by atoms with Gasteiger partial charge in [-0.25, -0.2) is 0 Å². The molecule has 2 aromatic heterocycles. The predicted molar refractivity (Wildman–Crippen MR) is 102 cm³/mol. The first kappa shape index (κ1) is 13.1. The lowest BCUT2D eigenvalue weighted by Crippen LogP contribution is -1.90. The van der Waals surface area contributed by atoms with Crippen molar-refractivity contribution in [2.75, 3.05) is 0 Å². The molecule has 0 saturated carbocycles. The molecule has 0 fully saturated rings. The van der Waals surface area contributed by atoms with Crippen LogP contribution >= 0.6 is 15.9 Å². The SMILES string of the molecule is Cc1ccc2c(c1)cc1c3ccccc3c3cc(Br)ccc3n21. The van der Waals surface area contributed by atoms with Crippen molar-refractivity contribution >= 4 is 54.0 Å². The highest BCUT2D eigenvalue weighted by atomic mass is 79.9. The Morgan fingerprint density at radius 1 is 0.696 bits per heavy atom. The van der Waals surface area contributed by atoms with E-state index in [1.54, 1.807) is 0 Å². The van der Waals surface area contributed by atoms with Gasteiger partial charge in [-0.15, -0.1) is 0 Å². The van der Waals surface area contributed by atoms with Crippen molar-refractivity contribution < 1.29 is 0 Å². The summed E-state index contributed by atoms with van der Waals surface area (Å²) in [5.41, 5.74) is 5.09. The van der Waals surface area contributed by atoms with Crippen LogP contribution in [0.3, 0.4) is 0 Å². The number of hydrogen-bond acceptors (Lipinski definition) is 0. The van der Waals surface area contributed by atoms with E-state index in [1.807, 2.05) is 0 Å². The van der Waals surface area contributed by atoms with Gasteiger partial charge >= 0.3 is 0 Å². The molecular weight excluding hydrogens is 346 g/mol. The lowest BCUT2D eigenvalue weighted by molar-refractivity contribution is 1.34. The Labute approximate surface area is 142 Å². The van der Waals surface area contributed by atoms with E-state index in [-0.39, 0.29) is 0 Å². The van der Waals surface area contributed by atoms with Gasteiger partial charge in [-0.05, 0) is 48.7 Å². The predicted octanol–water partition coefficient (Wildman–Crippen LogP) is 6.47. The third-order valence-electron chi connectivity index (χ3n) is 4.65. The van der Waals surface area contributed by atoms with E-state index in [2.05, 4.69) is 94.0 Å². The van der Waals surface area contributed by atoms with E-state index < -0.39 is 0 Å². The molecule has 5 rings (SSSR count). The normalized spacial score (nSPS) is 11.9. The summed E-state index contributed by atoms with van der Waals surface area (Å²) < 4.78 is 3.50. The number of fused-ring (bicyclic) bond motifs is 8. The number of rotatable bonds is 0. The van der Waals surface area contributed by atoms with Gasteiger partial charge in [-0.3, -0.25) is 0 Å². The van der Waals surface area contributed by atoms with Crippen LogP contribution in [0.2, 0.25) is 0 Å². The number of benzene rings is 3. The Balaban J connectivity index is 2.19. The van der Waals surface area contributed by atoms with Crippen LogP contribution < -0.4 is 0 Å². The van der Waals surface area contributed by atoms with E-state index in [0.717, 1.165) is 4.47 Å². The minimum Gasteiger partial charge on any atom is -0.309 e. The van der Waals surface area contributed by atoms with Crippen LogP contribution in [-0.4, -0.2) is 4.40 Å². The van der Waals surface area contributed by atoms with Crippen LogP contribution in [0.5, 0.6) is 0 Å². The third-order valence-corrected chi connectivity index (χ3v) is 5.14. The van der Waals surface area contributed by atoms with Crippen molar-refractivity contribution in [3.8, 4) is 0 Å². The van der Waals surface area contributed by atoms with E-state index in [4.69, 9.17) is 0 Å². The van der Waals surface area contributed by atoms with Gasteiger partial charge in [-0.2, -0.15) is 0 Å². The van der Waals surface area contributed by atoms with Gasteiger partial charge in [0.1, 0.15) is 0 Å². The number of aromatic nitrogens is 1. The molecule has 1 nitrogen and oxygen atoms in total. The maximum Gasteiger partial charge on any atom is 0.0547 e. The summed E-state index contributed by atoms with van der Waals surface area (Å²) >= 11 is 3.62. The van der Waals surface area contributed by atoms with Crippen molar-refractivity contribution in [1.29, 1.82) is 0 Å². The topological polar surface area (TPSA) is 4.41 Å². The Morgan fingerprint density at radius 2 is 1.48 bits per heavy atom. The van der Waals surface area contributed by atoms with Crippen molar-refractivity contribution in [2.45, 2.75) is 6.92 Å². The number of nitrogens with zero attached hydrogens (tertiary/aromatic N) is 1. The molecule has 0 aliphatic heterocycles. The molecule has 0 saturated heterocycles. The maximum absolute atomic E-state index is 3.62. The minimum absolute atomic E-state index is 1.11. The first-order valence-electron chi connectivity index (χ1n) is 7.74. The highest BCUT2D eigenvalue weighted by molar-refractivity contribution is 9.10. The fourth-order valence-electron chi connectivity index (χ4n) is 3.65. The molecule has 2 heteroatoms. The highest BCUT2D eigenvalue weighted by Crippen LogP contribution is 2.35. The second-order valence-corrected chi connectivity index (χ2v) is 7.05. The third kappa shape index (κ3) is 1.79. The van der Waals surface area contributed by atoms with E-state index in [1.165, 1.54) is 43.7 Å². The Hall–Kier alpha value is -2.32. The second kappa shape index (κ2) is 4.59. The van der Waals surface area contributed by atoms with E-state index in [0.29, 0.717) is 0 Å². The van der Waals surface area contributed by atoms with Crippen LogP contribution in [0.25, 0.3) is 38.1 Å². The molecule has 5 aromatic rings. The Bertz CT molecular complexity index is 1230. The quantitative estimate of drug-likeness (QED) is 0.279. The van der Waals surface area contributed by atoms with Gasteiger partial charge < -0.3 is 4.40 Å². The number of aryl methyl sites for hydroxylation is 1. The fraction of sp³-hybridized carbons (Fsp3) is 0.0476. The van der Waals surface area contributed by atoms with Gasteiger partial charge in [0, 0.05) is 20.6 Å². The zero-order valence-electron chi connectivity index (χ0n) is 12.7. The summed E-state index contributed by atoms with van der Waals surface area (Å²) in [5, 5.41) is 5.17. The average Bonchev–Trinajstić information content (AvgIpc) is 2.93. The Kier molecular flexibility index (Phi) is 2.62. The Morgan fingerprint density at radius 3 is 2.35 bits per heavy atom. The molecule has 0 aliphatic carbocycles. The summed E-state index contributed by atoms with van der Waals surface area (Å²) in [6.07, 6.45) is 0. The molecule has 0 amide bonds. The van der Waals surface area contributed by atoms with Crippen LogP contribution in [0, 0.1) is 6.92 Å². The number of hydrogen-bond donors (Lipinski definition) is 0. The summed E-state index contributed by atoms with van der Waals surface area (Å²) in [5.74, 6) is 0. The fourth-order valence-corrected chi connectivity index (χ4v) is 4.01. The van der Waals surface area contributed by atoms with Crippen LogP contribution in [0.1, 0.15) is 5.56 Å². The minimum atomic E-state index is 1.11. The lowest BCUT2D eigenvalue weighted by atomic mass is 10.1. The summed E-state index contributed by atoms with van der Waals surface area (Å²) in [6.45, 7) is 2.15. The van der Waals surface area contributed by atoms with Crippen LogP contribution in [0.15, 0.2) is 71.2 Å². The molecule has 23 heavy (non-hydrogen) atoms. The molecular formula is C21H14BrN. The zero-order valence-corrected chi connectivity index (χ0v) is 14.3. The molecule has 3 aromatic carbocycles. The summed E-state index contributed by atoms with van der Waals surface area (Å²) in [6, 6.07) is 24.2. The van der Waals surface area contributed by atoms with Crippen molar-refractivity contribution in [1.82, 2.24) is 4.40 Å². The van der Waals surface area contributed by atoms with E-state index >= 15 is 0 Å². The highest BCUT2D eigenvalue weighted by Gasteiger charge is 2.12. The molecule has 0 unspecified atom stereocenters. The lowest BCUT2D eigenvalue weighted by Gasteiger charge is -2.10. The summed E-state index contributed by atoms with van der Waals surface area (Å²) in [7, 11) is 0. The molecule has 110 valence electrons. The van der Waals surface area contributed by atoms with Gasteiger partial charge in [-0.1, -0.05) is 51.8 Å². The first-order chi connectivity index (χ1) is 11.2. The van der Waals surface area contributed by atoms with Crippen molar-refractivity contribution in [3.05, 3.63) is 76.8 Å². The summed E-state index contributed by atoms with van der Waals surface area (Å²) in [4.78, 5) is 0. The molecule has 0 spiro atoms. The molecule has 0 N–H and O–H groups in total. The first-order valence-corrected chi connectivity index (χ1v) is 8.53. The largest absolute Gasteiger partial charge is 0.309 e. The average molecular weight is 360 g/mol. The molecule has 0 radical (unpaired) electrons. The molecule has 0 bridgehead atoms. The number of pyridine rings is 1. The second-order valence-electron chi connectivity index (χ2n) is 6.13. The van der Waals surface area contributed by atoms with Gasteiger partial charge in [0.25, 0.3) is 0 Å². The molecule has 0 aliphatic rings.